The largest absolute Gasteiger partial charge is 0.381 e. The average molecular weight is 519 g/mol. The van der Waals surface area contributed by atoms with Crippen molar-refractivity contribution < 1.29 is 13.2 Å². The summed E-state index contributed by atoms with van der Waals surface area (Å²) < 4.78 is 40.9. The molecule has 1 aromatic heterocycles. The minimum atomic E-state index is -2.49. The summed E-state index contributed by atoms with van der Waals surface area (Å²) in [5, 5.41) is 12.0. The summed E-state index contributed by atoms with van der Waals surface area (Å²) in [6.07, 6.45) is 3.78. The van der Waals surface area contributed by atoms with Crippen molar-refractivity contribution in [3.8, 4) is 0 Å². The zero-order valence-electron chi connectivity index (χ0n) is 20.0. The van der Waals surface area contributed by atoms with Gasteiger partial charge in [-0.1, -0.05) is 29.8 Å². The van der Waals surface area contributed by atoms with Crippen molar-refractivity contribution in [1.29, 1.82) is 0 Å². The lowest BCUT2D eigenvalue weighted by atomic mass is 9.82. The molecule has 3 aliphatic rings. The van der Waals surface area contributed by atoms with Crippen LogP contribution < -0.4 is 10.9 Å². The minimum absolute atomic E-state index is 0.00198. The van der Waals surface area contributed by atoms with Gasteiger partial charge in [-0.2, -0.15) is 5.10 Å². The Morgan fingerprint density at radius 1 is 1.03 bits per heavy atom. The fourth-order valence-electron chi connectivity index (χ4n) is 5.83. The van der Waals surface area contributed by atoms with Gasteiger partial charge in [-0.15, -0.1) is 0 Å². The first-order valence-electron chi connectivity index (χ1n) is 12.6. The molecule has 36 heavy (non-hydrogen) atoms. The number of likely N-dealkylation sites (tertiary alicyclic amines) is 1. The van der Waals surface area contributed by atoms with E-state index in [1.54, 1.807) is 0 Å². The lowest BCUT2D eigenvalue weighted by Gasteiger charge is -2.43. The number of alkyl halides is 2. The van der Waals surface area contributed by atoms with Gasteiger partial charge in [0.15, 0.2) is 0 Å². The molecule has 1 saturated heterocycles. The summed E-state index contributed by atoms with van der Waals surface area (Å²) in [5.74, 6) is -2.53. The van der Waals surface area contributed by atoms with Crippen LogP contribution in [-0.2, 0) is 6.42 Å². The third kappa shape index (κ3) is 5.54. The third-order valence-corrected chi connectivity index (χ3v) is 8.01. The normalized spacial score (nSPS) is 22.5. The fraction of sp³-hybridized carbons (Fsp3) is 0.481. The van der Waals surface area contributed by atoms with Crippen LogP contribution in [0.5, 0.6) is 0 Å². The molecule has 2 fully saturated rings. The summed E-state index contributed by atoms with van der Waals surface area (Å²) in [5.41, 5.74) is 1.06. The smallest absolute Gasteiger partial charge is 0.272 e. The van der Waals surface area contributed by atoms with E-state index in [1.165, 1.54) is 12.1 Å². The predicted octanol–water partition coefficient (Wildman–Crippen LogP) is 6.03. The van der Waals surface area contributed by atoms with Crippen molar-refractivity contribution in [3.05, 3.63) is 69.4 Å². The van der Waals surface area contributed by atoms with Crippen LogP contribution in [0.2, 0.25) is 5.02 Å². The summed E-state index contributed by atoms with van der Waals surface area (Å²) in [6, 6.07) is 12.5. The second kappa shape index (κ2) is 10.4. The quantitative estimate of drug-likeness (QED) is 0.435. The van der Waals surface area contributed by atoms with Crippen molar-refractivity contribution in [2.24, 2.45) is 5.92 Å². The lowest BCUT2D eigenvalue weighted by molar-refractivity contribution is -0.0569. The third-order valence-electron chi connectivity index (χ3n) is 7.76. The maximum Gasteiger partial charge on any atom is 0.272 e. The Morgan fingerprint density at radius 2 is 1.72 bits per heavy atom. The molecule has 3 aromatic rings. The van der Waals surface area contributed by atoms with Crippen LogP contribution in [0.25, 0.3) is 10.8 Å². The van der Waals surface area contributed by atoms with E-state index in [9.17, 15) is 18.0 Å². The molecule has 0 bridgehead atoms. The van der Waals surface area contributed by atoms with Gasteiger partial charge in [0.2, 0.25) is 5.92 Å². The monoisotopic (exact) mass is 518 g/mol. The topological polar surface area (TPSA) is 61.0 Å². The highest BCUT2D eigenvalue weighted by atomic mass is 35.5. The number of halogens is 4. The van der Waals surface area contributed by atoms with Crippen molar-refractivity contribution in [2.45, 2.75) is 63.0 Å². The molecule has 1 aliphatic carbocycles. The van der Waals surface area contributed by atoms with Crippen LogP contribution in [-0.4, -0.2) is 46.2 Å². The molecule has 2 N–H and O–H groups in total. The van der Waals surface area contributed by atoms with Crippen molar-refractivity contribution in [1.82, 2.24) is 15.1 Å². The number of H-pyrrole nitrogens is 1. The zero-order chi connectivity index (χ0) is 25.3. The van der Waals surface area contributed by atoms with E-state index in [-0.39, 0.29) is 30.5 Å². The molecule has 5 nitrogen and oxygen atoms in total. The number of hydrogen-bond donors (Lipinski definition) is 2. The molecule has 0 spiro atoms. The fourth-order valence-corrected chi connectivity index (χ4v) is 5.97. The molecule has 0 amide bonds. The van der Waals surface area contributed by atoms with Crippen LogP contribution >= 0.6 is 11.6 Å². The summed E-state index contributed by atoms with van der Waals surface area (Å²) in [6.45, 7) is 1.81. The Bertz CT molecular complexity index is 1250. The number of aromatic nitrogens is 2. The summed E-state index contributed by atoms with van der Waals surface area (Å²) in [4.78, 5) is 14.4. The van der Waals surface area contributed by atoms with Crippen molar-refractivity contribution in [3.63, 3.8) is 0 Å². The van der Waals surface area contributed by atoms with Gasteiger partial charge in [0.1, 0.15) is 5.82 Å². The zero-order valence-corrected chi connectivity index (χ0v) is 20.7. The van der Waals surface area contributed by atoms with Crippen LogP contribution in [0.4, 0.5) is 18.9 Å². The Balaban J connectivity index is 0.000000330. The van der Waals surface area contributed by atoms with Gasteiger partial charge in [-0.25, -0.2) is 18.3 Å². The van der Waals surface area contributed by atoms with Gasteiger partial charge in [-0.3, -0.25) is 4.79 Å². The Hall–Kier alpha value is -2.58. The van der Waals surface area contributed by atoms with Gasteiger partial charge in [0, 0.05) is 47.4 Å². The van der Waals surface area contributed by atoms with Gasteiger partial charge < -0.3 is 10.2 Å². The van der Waals surface area contributed by atoms with E-state index in [0.717, 1.165) is 36.6 Å². The van der Waals surface area contributed by atoms with Gasteiger partial charge in [0.05, 0.1) is 11.1 Å². The van der Waals surface area contributed by atoms with Gasteiger partial charge in [-0.05, 0) is 69.0 Å². The first-order valence-corrected chi connectivity index (χ1v) is 13.0. The van der Waals surface area contributed by atoms with E-state index in [2.05, 4.69) is 20.4 Å². The number of aromatic amines is 1. The highest BCUT2D eigenvalue weighted by Crippen LogP contribution is 2.38. The van der Waals surface area contributed by atoms with Crippen molar-refractivity contribution in [2.75, 3.05) is 18.4 Å². The molecular weight excluding hydrogens is 489 g/mol. The first-order chi connectivity index (χ1) is 17.3. The molecular formula is C27H30ClF3N4O. The molecule has 6 rings (SSSR count). The maximum absolute atomic E-state index is 14.0. The second-order valence-electron chi connectivity index (χ2n) is 10.1. The highest BCUT2D eigenvalue weighted by Gasteiger charge is 2.39. The average Bonchev–Trinajstić information content (AvgIpc) is 2.87. The summed E-state index contributed by atoms with van der Waals surface area (Å²) >= 11 is 5.54. The Kier molecular flexibility index (Phi) is 7.26. The van der Waals surface area contributed by atoms with Crippen LogP contribution in [0.3, 0.4) is 0 Å². The molecule has 192 valence electrons. The molecule has 2 aromatic carbocycles. The van der Waals surface area contributed by atoms with E-state index >= 15 is 0 Å². The predicted molar refractivity (Wildman–Crippen MR) is 136 cm³/mol. The lowest BCUT2D eigenvalue weighted by Crippen LogP contribution is -2.47. The van der Waals surface area contributed by atoms with E-state index in [0.29, 0.717) is 41.6 Å². The SMILES string of the molecule is Clc1ccccc1.O=c1[nH]nc2c3c(cc(F)cc13)NC(C1CCN(C3CCC(F)(F)CC3)CC1)C2. The van der Waals surface area contributed by atoms with Crippen LogP contribution in [0, 0.1) is 11.7 Å². The van der Waals surface area contributed by atoms with Gasteiger partial charge in [0.25, 0.3) is 5.56 Å². The number of nitrogens with one attached hydrogen (secondary N) is 2. The molecule has 2 aliphatic heterocycles. The molecule has 1 atom stereocenters. The summed E-state index contributed by atoms with van der Waals surface area (Å²) in [7, 11) is 0. The molecule has 1 unspecified atom stereocenters. The number of piperidine rings is 1. The van der Waals surface area contributed by atoms with Gasteiger partial charge >= 0.3 is 0 Å². The van der Waals surface area contributed by atoms with E-state index < -0.39 is 11.7 Å². The standard InChI is InChI=1S/C21H25F3N4O.C6H5Cl/c22-13-9-15-19-17(10-13)25-16(11-18(19)26-27-20(15)29)12-3-7-28(8-4-12)14-1-5-21(23,24)6-2-14;7-6-4-2-1-3-5-6/h9-10,12,14,16,25H,1-8,11H2,(H,27,29);1-5H. The number of anilines is 1. The first kappa shape index (κ1) is 25.1. The molecule has 1 saturated carbocycles. The molecule has 9 heteroatoms. The number of nitrogens with zero attached hydrogens (tertiary/aromatic N) is 2. The molecule has 0 radical (unpaired) electrons. The number of hydrogen-bond acceptors (Lipinski definition) is 4. The number of rotatable bonds is 2. The maximum atomic E-state index is 14.0. The second-order valence-corrected chi connectivity index (χ2v) is 10.5. The van der Waals surface area contributed by atoms with Crippen LogP contribution in [0.1, 0.15) is 44.2 Å². The minimum Gasteiger partial charge on any atom is -0.381 e. The van der Waals surface area contributed by atoms with Crippen LogP contribution in [0.15, 0.2) is 47.3 Å². The Labute approximate surface area is 213 Å². The highest BCUT2D eigenvalue weighted by molar-refractivity contribution is 6.30. The number of benzene rings is 2. The Morgan fingerprint density at radius 3 is 2.36 bits per heavy atom. The molecule has 3 heterocycles. The van der Waals surface area contributed by atoms with Crippen molar-refractivity contribution >= 4 is 28.1 Å². The van der Waals surface area contributed by atoms with E-state index in [1.807, 2.05) is 30.3 Å². The van der Waals surface area contributed by atoms with E-state index in [4.69, 9.17) is 11.6 Å².